The number of esters is 1. The molecule has 0 unspecified atom stereocenters. The van der Waals surface area contributed by atoms with Gasteiger partial charge in [-0.2, -0.15) is 0 Å². The number of rotatable bonds is 8. The maximum atomic E-state index is 11.8. The second-order valence-corrected chi connectivity index (χ2v) is 6.18. The van der Waals surface area contributed by atoms with Crippen LogP contribution in [0.4, 0.5) is 5.69 Å². The summed E-state index contributed by atoms with van der Waals surface area (Å²) in [5, 5.41) is 3.20. The van der Waals surface area contributed by atoms with Crippen molar-refractivity contribution in [2.24, 2.45) is 0 Å². The molecule has 2 aromatic rings. The van der Waals surface area contributed by atoms with Crippen molar-refractivity contribution < 1.29 is 19.1 Å². The van der Waals surface area contributed by atoms with Gasteiger partial charge in [0, 0.05) is 31.4 Å². The molecule has 26 heavy (non-hydrogen) atoms. The monoisotopic (exact) mass is 376 g/mol. The number of ether oxygens (including phenoxy) is 2. The number of anilines is 1. The second-order valence-electron chi connectivity index (χ2n) is 5.74. The van der Waals surface area contributed by atoms with E-state index in [0.717, 1.165) is 11.3 Å². The van der Waals surface area contributed by atoms with Gasteiger partial charge in [0.25, 0.3) is 5.91 Å². The van der Waals surface area contributed by atoms with E-state index in [4.69, 9.17) is 21.1 Å². The fourth-order valence-corrected chi connectivity index (χ4v) is 2.23. The third kappa shape index (κ3) is 6.64. The lowest BCUT2D eigenvalue weighted by molar-refractivity contribution is -0.150. The maximum Gasteiger partial charge on any atom is 0.344 e. The van der Waals surface area contributed by atoms with Crippen LogP contribution in [0.25, 0.3) is 0 Å². The van der Waals surface area contributed by atoms with Crippen LogP contribution in [-0.4, -0.2) is 39.2 Å². The summed E-state index contributed by atoms with van der Waals surface area (Å²) in [5.41, 5.74) is 2.04. The van der Waals surface area contributed by atoms with Gasteiger partial charge < -0.3 is 19.7 Å². The summed E-state index contributed by atoms with van der Waals surface area (Å²) >= 11 is 5.82. The Morgan fingerprint density at radius 1 is 1.08 bits per heavy atom. The van der Waals surface area contributed by atoms with E-state index in [9.17, 15) is 9.59 Å². The molecule has 0 aliphatic heterocycles. The molecule has 2 rings (SSSR count). The number of hydrogen-bond donors (Lipinski definition) is 1. The van der Waals surface area contributed by atoms with Crippen molar-refractivity contribution >= 4 is 29.2 Å². The first kappa shape index (κ1) is 19.6. The molecule has 0 spiro atoms. The highest BCUT2D eigenvalue weighted by Crippen LogP contribution is 2.17. The van der Waals surface area contributed by atoms with Crippen molar-refractivity contribution in [1.29, 1.82) is 0 Å². The molecule has 0 fully saturated rings. The molecule has 0 bridgehead atoms. The lowest BCUT2D eigenvalue weighted by atomic mass is 10.2. The summed E-state index contributed by atoms with van der Waals surface area (Å²) < 4.78 is 10.1. The van der Waals surface area contributed by atoms with Gasteiger partial charge >= 0.3 is 5.97 Å². The summed E-state index contributed by atoms with van der Waals surface area (Å²) in [6.07, 6.45) is 0. The second kappa shape index (κ2) is 9.68. The van der Waals surface area contributed by atoms with Crippen molar-refractivity contribution in [3.63, 3.8) is 0 Å². The molecule has 0 radical (unpaired) electrons. The van der Waals surface area contributed by atoms with Crippen LogP contribution in [0, 0.1) is 0 Å². The smallest absolute Gasteiger partial charge is 0.344 e. The molecule has 138 valence electrons. The standard InChI is InChI=1S/C19H21ClN2O4/c1-22(2)16-8-6-14(7-9-16)11-21-18(23)12-26-19(24)13-25-17-5-3-4-15(20)10-17/h3-10H,11-13H2,1-2H3,(H,21,23). The van der Waals surface area contributed by atoms with E-state index in [1.165, 1.54) is 0 Å². The molecule has 0 saturated carbocycles. The number of amides is 1. The van der Waals surface area contributed by atoms with Gasteiger partial charge in [0.1, 0.15) is 5.75 Å². The average Bonchev–Trinajstić information content (AvgIpc) is 2.63. The van der Waals surface area contributed by atoms with Gasteiger partial charge in [-0.25, -0.2) is 4.79 Å². The van der Waals surface area contributed by atoms with Gasteiger partial charge in [-0.1, -0.05) is 29.8 Å². The molecule has 0 atom stereocenters. The molecule has 0 heterocycles. The lowest BCUT2D eigenvalue weighted by Crippen LogP contribution is -2.29. The Balaban J connectivity index is 1.67. The van der Waals surface area contributed by atoms with Crippen molar-refractivity contribution in [3.05, 3.63) is 59.1 Å². The first-order valence-electron chi connectivity index (χ1n) is 8.01. The van der Waals surface area contributed by atoms with E-state index < -0.39 is 5.97 Å². The van der Waals surface area contributed by atoms with Gasteiger partial charge in [0.05, 0.1) is 0 Å². The van der Waals surface area contributed by atoms with Crippen LogP contribution in [0.1, 0.15) is 5.56 Å². The number of carbonyl (C=O) groups excluding carboxylic acids is 2. The number of benzene rings is 2. The van der Waals surface area contributed by atoms with Crippen LogP contribution in [-0.2, 0) is 20.9 Å². The number of hydrogen-bond acceptors (Lipinski definition) is 5. The molecule has 0 saturated heterocycles. The highest BCUT2D eigenvalue weighted by molar-refractivity contribution is 6.30. The minimum Gasteiger partial charge on any atom is -0.482 e. The molecule has 1 amide bonds. The van der Waals surface area contributed by atoms with Crippen LogP contribution < -0.4 is 15.0 Å². The number of carbonyl (C=O) groups is 2. The van der Waals surface area contributed by atoms with Crippen molar-refractivity contribution in [2.75, 3.05) is 32.2 Å². The van der Waals surface area contributed by atoms with E-state index >= 15 is 0 Å². The van der Waals surface area contributed by atoms with Gasteiger partial charge in [-0.05, 0) is 35.9 Å². The van der Waals surface area contributed by atoms with Crippen molar-refractivity contribution in [3.8, 4) is 5.75 Å². The highest BCUT2D eigenvalue weighted by atomic mass is 35.5. The topological polar surface area (TPSA) is 67.9 Å². The summed E-state index contributed by atoms with van der Waals surface area (Å²) in [6.45, 7) is -0.282. The molecule has 2 aromatic carbocycles. The van der Waals surface area contributed by atoms with Crippen LogP contribution in [0.3, 0.4) is 0 Å². The largest absolute Gasteiger partial charge is 0.482 e. The van der Waals surface area contributed by atoms with Gasteiger partial charge in [0.2, 0.25) is 0 Å². The Morgan fingerprint density at radius 2 is 1.81 bits per heavy atom. The minimum absolute atomic E-state index is 0.292. The Kier molecular flexibility index (Phi) is 7.29. The fourth-order valence-electron chi connectivity index (χ4n) is 2.05. The molecule has 1 N–H and O–H groups in total. The van der Waals surface area contributed by atoms with E-state index in [2.05, 4.69) is 5.32 Å². The Hall–Kier alpha value is -2.73. The molecule has 0 aliphatic rings. The van der Waals surface area contributed by atoms with Crippen LogP contribution in [0.2, 0.25) is 5.02 Å². The van der Waals surface area contributed by atoms with Gasteiger partial charge in [-0.15, -0.1) is 0 Å². The van der Waals surface area contributed by atoms with Crippen LogP contribution >= 0.6 is 11.6 Å². The predicted octanol–water partition coefficient (Wildman–Crippen LogP) is 2.64. The normalized spacial score (nSPS) is 10.1. The zero-order valence-corrected chi connectivity index (χ0v) is 15.5. The summed E-state index contributed by atoms with van der Waals surface area (Å²) in [4.78, 5) is 25.4. The quantitative estimate of drug-likeness (QED) is 0.717. The number of halogens is 1. The van der Waals surface area contributed by atoms with Crippen LogP contribution in [0.15, 0.2) is 48.5 Å². The molecule has 0 aliphatic carbocycles. The molecular weight excluding hydrogens is 356 g/mol. The zero-order chi connectivity index (χ0) is 18.9. The van der Waals surface area contributed by atoms with Gasteiger partial charge in [0.15, 0.2) is 13.2 Å². The van der Waals surface area contributed by atoms with Gasteiger partial charge in [-0.3, -0.25) is 4.79 Å². The summed E-state index contributed by atoms with van der Waals surface area (Å²) in [7, 11) is 3.92. The van der Waals surface area contributed by atoms with E-state index in [1.807, 2.05) is 43.3 Å². The molecule has 7 heteroatoms. The van der Waals surface area contributed by atoms with E-state index in [0.29, 0.717) is 17.3 Å². The highest BCUT2D eigenvalue weighted by Gasteiger charge is 2.09. The van der Waals surface area contributed by atoms with Crippen molar-refractivity contribution in [1.82, 2.24) is 5.32 Å². The first-order chi connectivity index (χ1) is 12.4. The Labute approximate surface area is 157 Å². The number of nitrogens with zero attached hydrogens (tertiary/aromatic N) is 1. The third-order valence-corrected chi connectivity index (χ3v) is 3.69. The predicted molar refractivity (Wildman–Crippen MR) is 101 cm³/mol. The number of nitrogens with one attached hydrogen (secondary N) is 1. The molecule has 6 nitrogen and oxygen atoms in total. The summed E-state index contributed by atoms with van der Waals surface area (Å²) in [5.74, 6) is -0.548. The Bertz CT molecular complexity index is 747. The SMILES string of the molecule is CN(C)c1ccc(CNC(=O)COC(=O)COc2cccc(Cl)c2)cc1. The van der Waals surface area contributed by atoms with Crippen LogP contribution in [0.5, 0.6) is 5.75 Å². The average molecular weight is 377 g/mol. The maximum absolute atomic E-state index is 11.8. The summed E-state index contributed by atoms with van der Waals surface area (Å²) in [6, 6.07) is 14.5. The fraction of sp³-hybridized carbons (Fsp3) is 0.263. The Morgan fingerprint density at radius 3 is 2.46 bits per heavy atom. The minimum atomic E-state index is -0.629. The third-order valence-electron chi connectivity index (χ3n) is 3.46. The van der Waals surface area contributed by atoms with E-state index in [-0.39, 0.29) is 19.1 Å². The zero-order valence-electron chi connectivity index (χ0n) is 14.7. The lowest BCUT2D eigenvalue weighted by Gasteiger charge is -2.13. The van der Waals surface area contributed by atoms with E-state index in [1.54, 1.807) is 24.3 Å². The molecule has 0 aromatic heterocycles. The first-order valence-corrected chi connectivity index (χ1v) is 8.39. The molecular formula is C19H21ClN2O4. The van der Waals surface area contributed by atoms with Crippen molar-refractivity contribution in [2.45, 2.75) is 6.54 Å².